The Morgan fingerprint density at radius 1 is 1.12 bits per heavy atom. The van der Waals surface area contributed by atoms with Gasteiger partial charge >= 0.3 is 26.2 Å². The van der Waals surface area contributed by atoms with E-state index in [9.17, 15) is 0 Å². The van der Waals surface area contributed by atoms with Crippen LogP contribution in [0.25, 0.3) is 0 Å². The molecule has 132 valence electrons. The van der Waals surface area contributed by atoms with E-state index in [0.717, 1.165) is 18.8 Å². The van der Waals surface area contributed by atoms with Crippen LogP contribution in [0.1, 0.15) is 11.5 Å². The summed E-state index contributed by atoms with van der Waals surface area (Å²) < 4.78 is 5.17. The Hall–Kier alpha value is -0.557. The average Bonchev–Trinajstić information content (AvgIpc) is 3.41. The molecule has 26 heavy (non-hydrogen) atoms. The number of anilines is 1. The van der Waals surface area contributed by atoms with E-state index in [2.05, 4.69) is 24.5 Å². The molecule has 1 atom stereocenters. The van der Waals surface area contributed by atoms with Gasteiger partial charge in [-0.1, -0.05) is 11.8 Å². The van der Waals surface area contributed by atoms with Crippen LogP contribution in [-0.4, -0.2) is 20.2 Å². The number of benzene rings is 1. The molecule has 3 heteroatoms. The van der Waals surface area contributed by atoms with E-state index in [0.29, 0.717) is 5.92 Å². The average molecular weight is 423 g/mol. The standard InChI is InChI=1S/C13H15NO.2C5H5.Zr/c1-4-7-14-9-10(2)12-6-5-11(15-3)8-13(12)14;2*1-2-4-5-3-1;/h4,6,8,10H,1-2,7,9H2,3H3;2*1-5H;/q-2;;;+2. The van der Waals surface area contributed by atoms with Crippen LogP contribution in [0.2, 0.25) is 0 Å². The predicted octanol–water partition coefficient (Wildman–Crippen LogP) is 4.46. The van der Waals surface area contributed by atoms with Gasteiger partial charge in [0, 0.05) is 12.3 Å². The molecule has 10 radical (unpaired) electrons. The fourth-order valence-electron chi connectivity index (χ4n) is 2.62. The maximum atomic E-state index is 5.17. The van der Waals surface area contributed by atoms with Gasteiger partial charge in [-0.25, -0.2) is 0 Å². The van der Waals surface area contributed by atoms with Crippen LogP contribution in [0.3, 0.4) is 0 Å². The van der Waals surface area contributed by atoms with Crippen molar-refractivity contribution >= 4 is 5.69 Å². The second-order valence-corrected chi connectivity index (χ2v) is 5.66. The molecule has 1 aromatic rings. The molecule has 0 bridgehead atoms. The van der Waals surface area contributed by atoms with Crippen LogP contribution in [0.4, 0.5) is 5.69 Å². The molecule has 0 amide bonds. The second kappa shape index (κ2) is 13.6. The molecule has 1 unspecified atom stereocenters. The molecule has 2 saturated carbocycles. The molecular weight excluding hydrogens is 397 g/mol. The van der Waals surface area contributed by atoms with Gasteiger partial charge in [-0.05, 0) is 70.8 Å². The zero-order valence-electron chi connectivity index (χ0n) is 15.3. The molecular formula is C23H25NOZr. The van der Waals surface area contributed by atoms with Crippen molar-refractivity contribution in [1.29, 1.82) is 0 Å². The third kappa shape index (κ3) is 7.59. The van der Waals surface area contributed by atoms with E-state index < -0.39 is 0 Å². The summed E-state index contributed by atoms with van der Waals surface area (Å²) in [6.07, 6.45) is 21.9. The smallest absolute Gasteiger partial charge is 0.523 e. The van der Waals surface area contributed by atoms with E-state index >= 15 is 0 Å². The largest absolute Gasteiger partial charge is 2.00 e. The molecule has 0 aromatic heterocycles. The molecule has 0 N–H and O–H groups in total. The van der Waals surface area contributed by atoms with Crippen LogP contribution in [0, 0.1) is 77.2 Å². The van der Waals surface area contributed by atoms with E-state index in [1.807, 2.05) is 82.4 Å². The van der Waals surface area contributed by atoms with Gasteiger partial charge < -0.3 is 16.6 Å². The van der Waals surface area contributed by atoms with Gasteiger partial charge in [0.25, 0.3) is 0 Å². The van der Waals surface area contributed by atoms with Crippen molar-refractivity contribution in [3.05, 3.63) is 108 Å². The molecule has 2 fully saturated rings. The number of nitrogens with zero attached hydrogens (tertiary/aromatic N) is 1. The minimum atomic E-state index is 0. The summed E-state index contributed by atoms with van der Waals surface area (Å²) in [6, 6.07) is 7.10. The van der Waals surface area contributed by atoms with Crippen molar-refractivity contribution in [3.63, 3.8) is 0 Å². The van der Waals surface area contributed by atoms with E-state index in [4.69, 9.17) is 4.74 Å². The van der Waals surface area contributed by atoms with E-state index in [1.54, 1.807) is 7.11 Å². The van der Waals surface area contributed by atoms with Crippen molar-refractivity contribution in [1.82, 2.24) is 0 Å². The van der Waals surface area contributed by atoms with Crippen molar-refractivity contribution in [3.8, 4) is 5.75 Å². The first-order chi connectivity index (χ1) is 12.3. The molecule has 2 nitrogen and oxygen atoms in total. The molecule has 3 aliphatic rings. The SMILES string of the molecule is C=CCN1CC([CH2-])c2c[c-]c(OC)cc21.[CH]1[CH][CH][CH][CH]1.[CH]1[CH][CH][CH][CH]1.[Zr+2]. The quantitative estimate of drug-likeness (QED) is 0.527. The normalized spacial score (nSPS) is 20.1. The van der Waals surface area contributed by atoms with Gasteiger partial charge in [0.2, 0.25) is 0 Å². The summed E-state index contributed by atoms with van der Waals surface area (Å²) in [5.41, 5.74) is 2.45. The fraction of sp³-hybridized carbons (Fsp3) is 0.174. The van der Waals surface area contributed by atoms with Crippen molar-refractivity contribution in [2.45, 2.75) is 5.92 Å². The van der Waals surface area contributed by atoms with Crippen LogP contribution >= 0.6 is 0 Å². The maximum absolute atomic E-state index is 5.17. The van der Waals surface area contributed by atoms with E-state index in [1.165, 1.54) is 11.3 Å². The number of hydrogen-bond donors (Lipinski definition) is 0. The van der Waals surface area contributed by atoms with Crippen molar-refractivity contribution in [2.24, 2.45) is 0 Å². The molecule has 2 aliphatic carbocycles. The van der Waals surface area contributed by atoms with E-state index in [-0.39, 0.29) is 26.2 Å². The summed E-state index contributed by atoms with van der Waals surface area (Å²) in [7, 11) is 1.66. The van der Waals surface area contributed by atoms with Gasteiger partial charge in [0.15, 0.2) is 0 Å². The van der Waals surface area contributed by atoms with Gasteiger partial charge in [-0.2, -0.15) is 17.5 Å². The zero-order valence-corrected chi connectivity index (χ0v) is 17.7. The van der Waals surface area contributed by atoms with Crippen LogP contribution in [-0.2, 0) is 26.2 Å². The Morgan fingerprint density at radius 2 is 1.62 bits per heavy atom. The van der Waals surface area contributed by atoms with Crippen LogP contribution in [0.15, 0.2) is 24.8 Å². The maximum Gasteiger partial charge on any atom is 2.00 e. The number of ether oxygens (including phenoxy) is 1. The third-order valence-electron chi connectivity index (χ3n) is 3.84. The predicted molar refractivity (Wildman–Crippen MR) is 105 cm³/mol. The van der Waals surface area contributed by atoms with Crippen LogP contribution in [0.5, 0.6) is 5.75 Å². The summed E-state index contributed by atoms with van der Waals surface area (Å²) in [4.78, 5) is 2.26. The fourth-order valence-corrected chi connectivity index (χ4v) is 2.62. The summed E-state index contributed by atoms with van der Waals surface area (Å²) in [6.45, 7) is 9.69. The van der Waals surface area contributed by atoms with Crippen molar-refractivity contribution < 1.29 is 30.9 Å². The zero-order chi connectivity index (χ0) is 17.9. The molecule has 1 aromatic carbocycles. The molecule has 1 heterocycles. The topological polar surface area (TPSA) is 12.5 Å². The van der Waals surface area contributed by atoms with Gasteiger partial charge in [0.05, 0.1) is 7.11 Å². The molecule has 4 rings (SSSR count). The Bertz CT molecular complexity index is 484. The Morgan fingerprint density at radius 3 is 2.04 bits per heavy atom. The Balaban J connectivity index is 0.000000251. The van der Waals surface area contributed by atoms with Gasteiger partial charge in [0.1, 0.15) is 0 Å². The van der Waals surface area contributed by atoms with Gasteiger partial charge in [-0.15, -0.1) is 18.7 Å². The van der Waals surface area contributed by atoms with Crippen LogP contribution < -0.4 is 9.64 Å². The molecule has 0 spiro atoms. The summed E-state index contributed by atoms with van der Waals surface area (Å²) >= 11 is 0. The monoisotopic (exact) mass is 421 g/mol. The first-order valence-electron chi connectivity index (χ1n) is 8.38. The number of fused-ring (bicyclic) bond motifs is 1. The summed E-state index contributed by atoms with van der Waals surface area (Å²) in [5.74, 6) is 1.10. The number of hydrogen-bond acceptors (Lipinski definition) is 2. The Kier molecular flexibility index (Phi) is 12.3. The van der Waals surface area contributed by atoms with Crippen molar-refractivity contribution in [2.75, 3.05) is 25.1 Å². The first kappa shape index (κ1) is 23.5. The second-order valence-electron chi connectivity index (χ2n) is 5.66. The first-order valence-corrected chi connectivity index (χ1v) is 8.38. The Labute approximate surface area is 180 Å². The summed E-state index contributed by atoms with van der Waals surface area (Å²) in [5, 5.41) is 0. The molecule has 0 saturated heterocycles. The minimum Gasteiger partial charge on any atom is -0.523 e. The third-order valence-corrected chi connectivity index (χ3v) is 3.84. The minimum absolute atomic E-state index is 0. The van der Waals surface area contributed by atoms with Gasteiger partial charge in [-0.3, -0.25) is 0 Å². The number of rotatable bonds is 3. The molecule has 1 aliphatic heterocycles. The number of methoxy groups -OCH3 is 1.